The van der Waals surface area contributed by atoms with Crippen molar-refractivity contribution >= 4 is 18.0 Å². The topological polar surface area (TPSA) is 95.9 Å². The molecule has 2 bridgehead atoms. The van der Waals surface area contributed by atoms with E-state index in [1.165, 1.54) is 4.90 Å². The van der Waals surface area contributed by atoms with E-state index in [9.17, 15) is 19.5 Å². The highest BCUT2D eigenvalue weighted by atomic mass is 16.5. The second-order valence-corrected chi connectivity index (χ2v) is 10.2. The number of amides is 2. The quantitative estimate of drug-likeness (QED) is 0.684. The van der Waals surface area contributed by atoms with Gasteiger partial charge in [-0.1, -0.05) is 55.0 Å². The molecule has 1 atom stereocenters. The summed E-state index contributed by atoms with van der Waals surface area (Å²) in [5.41, 5.74) is 3.47. The standard InChI is InChI=1S/C27H28N2O5/c30-24(29-14-16-12-27(29,13-16)25(31)32)23(17-6-5-7-17)28-26(33)34-15-22-20-10-3-1-8-18(20)19-9-2-4-11-21(19)22/h1-4,8-11,16-17,22-23H,5-7,12-15H2,(H,28,33)(H,31,32). The van der Waals surface area contributed by atoms with Crippen molar-refractivity contribution in [3.05, 3.63) is 59.7 Å². The van der Waals surface area contributed by atoms with Crippen LogP contribution in [0, 0.1) is 11.8 Å². The van der Waals surface area contributed by atoms with Gasteiger partial charge in [0.2, 0.25) is 5.91 Å². The fourth-order valence-corrected chi connectivity index (χ4v) is 6.36. The van der Waals surface area contributed by atoms with Gasteiger partial charge in [0.05, 0.1) is 0 Å². The highest BCUT2D eigenvalue weighted by Gasteiger charge is 2.63. The van der Waals surface area contributed by atoms with E-state index in [-0.39, 0.29) is 30.3 Å². The molecule has 176 valence electrons. The van der Waals surface area contributed by atoms with E-state index in [0.717, 1.165) is 41.5 Å². The number of hydrogen-bond donors (Lipinski definition) is 2. The van der Waals surface area contributed by atoms with Gasteiger partial charge in [-0.05, 0) is 59.8 Å². The molecule has 7 nitrogen and oxygen atoms in total. The molecule has 2 aromatic rings. The Hall–Kier alpha value is -3.35. The molecule has 3 aliphatic carbocycles. The summed E-state index contributed by atoms with van der Waals surface area (Å²) in [6.45, 7) is 0.636. The van der Waals surface area contributed by atoms with E-state index >= 15 is 0 Å². The molecule has 7 heteroatoms. The number of nitrogens with zero attached hydrogens (tertiary/aromatic N) is 1. The monoisotopic (exact) mass is 460 g/mol. The molecule has 2 saturated heterocycles. The zero-order valence-corrected chi connectivity index (χ0v) is 18.9. The Morgan fingerprint density at radius 3 is 2.21 bits per heavy atom. The highest BCUT2D eigenvalue weighted by molar-refractivity contribution is 5.93. The molecule has 2 amide bonds. The minimum absolute atomic E-state index is 0.0247. The summed E-state index contributed by atoms with van der Waals surface area (Å²) in [6, 6.07) is 15.5. The van der Waals surface area contributed by atoms with Crippen LogP contribution in [-0.4, -0.2) is 52.7 Å². The van der Waals surface area contributed by atoms with Crippen LogP contribution in [0.4, 0.5) is 4.79 Å². The number of nitrogens with one attached hydrogen (secondary N) is 1. The number of fused-ring (bicyclic) bond motifs is 4. The number of rotatable bonds is 6. The summed E-state index contributed by atoms with van der Waals surface area (Å²) < 4.78 is 5.67. The van der Waals surface area contributed by atoms with Crippen LogP contribution >= 0.6 is 0 Å². The average molecular weight is 461 g/mol. The number of benzene rings is 2. The van der Waals surface area contributed by atoms with Crippen LogP contribution in [0.5, 0.6) is 0 Å². The Balaban J connectivity index is 1.16. The predicted octanol–water partition coefficient (Wildman–Crippen LogP) is 3.77. The highest BCUT2D eigenvalue weighted by Crippen LogP contribution is 2.51. The van der Waals surface area contributed by atoms with Gasteiger partial charge < -0.3 is 20.1 Å². The molecule has 0 aromatic heterocycles. The van der Waals surface area contributed by atoms with E-state index < -0.39 is 23.6 Å². The second kappa shape index (κ2) is 7.86. The minimum Gasteiger partial charge on any atom is -0.479 e. The Kier molecular flexibility index (Phi) is 4.90. The van der Waals surface area contributed by atoms with Crippen molar-refractivity contribution < 1.29 is 24.2 Å². The van der Waals surface area contributed by atoms with Gasteiger partial charge in [0.25, 0.3) is 0 Å². The fourth-order valence-electron chi connectivity index (χ4n) is 6.36. The van der Waals surface area contributed by atoms with Crippen molar-refractivity contribution in [1.82, 2.24) is 10.2 Å². The molecule has 1 unspecified atom stereocenters. The van der Waals surface area contributed by atoms with Gasteiger partial charge >= 0.3 is 12.1 Å². The van der Waals surface area contributed by atoms with E-state index in [0.29, 0.717) is 19.4 Å². The van der Waals surface area contributed by atoms with E-state index in [1.807, 2.05) is 24.3 Å². The molecular formula is C27H28N2O5. The molecular weight excluding hydrogens is 432 g/mol. The Morgan fingerprint density at radius 2 is 1.65 bits per heavy atom. The smallest absolute Gasteiger partial charge is 0.407 e. The number of aliphatic carboxylic acids is 1. The lowest BCUT2D eigenvalue weighted by atomic mass is 9.73. The molecule has 34 heavy (non-hydrogen) atoms. The Bertz CT molecular complexity index is 1120. The summed E-state index contributed by atoms with van der Waals surface area (Å²) in [6.07, 6.45) is 3.10. The van der Waals surface area contributed by atoms with Crippen LogP contribution in [-0.2, 0) is 14.3 Å². The SMILES string of the molecule is O=C(NC(C(=O)N1CC2CC1(C(=O)O)C2)C1CCC1)OCC1c2ccccc2-c2ccccc21. The van der Waals surface area contributed by atoms with E-state index in [1.54, 1.807) is 0 Å². The summed E-state index contributed by atoms with van der Waals surface area (Å²) in [5, 5.41) is 12.6. The van der Waals surface area contributed by atoms with Crippen molar-refractivity contribution in [2.45, 2.75) is 49.6 Å². The van der Waals surface area contributed by atoms with Crippen molar-refractivity contribution in [3.8, 4) is 11.1 Å². The molecule has 0 spiro atoms. The normalized spacial score (nSPS) is 25.5. The van der Waals surface area contributed by atoms with Crippen LogP contribution < -0.4 is 5.32 Å². The zero-order valence-electron chi connectivity index (χ0n) is 18.9. The first-order valence-electron chi connectivity index (χ1n) is 12.1. The molecule has 2 heterocycles. The molecule has 2 aliphatic heterocycles. The number of hydrogen-bond acceptors (Lipinski definition) is 4. The molecule has 2 aromatic carbocycles. The van der Waals surface area contributed by atoms with E-state index in [4.69, 9.17) is 4.74 Å². The molecule has 2 saturated carbocycles. The lowest BCUT2D eigenvalue weighted by molar-refractivity contribution is -0.159. The van der Waals surface area contributed by atoms with Crippen molar-refractivity contribution in [3.63, 3.8) is 0 Å². The number of carboxylic acid groups (broad SMARTS) is 1. The number of ether oxygens (including phenoxy) is 1. The third-order valence-electron chi connectivity index (χ3n) is 8.38. The van der Waals surface area contributed by atoms with Crippen molar-refractivity contribution in [2.75, 3.05) is 13.2 Å². The van der Waals surface area contributed by atoms with Gasteiger partial charge in [-0.3, -0.25) is 4.79 Å². The maximum absolute atomic E-state index is 13.4. The number of carbonyl (C=O) groups is 3. The lowest BCUT2D eigenvalue weighted by Crippen LogP contribution is -2.60. The second-order valence-electron chi connectivity index (χ2n) is 10.2. The number of alkyl carbamates (subject to hydrolysis) is 1. The van der Waals surface area contributed by atoms with Crippen LogP contribution in [0.3, 0.4) is 0 Å². The first-order valence-corrected chi connectivity index (χ1v) is 12.1. The summed E-state index contributed by atoms with van der Waals surface area (Å²) in [7, 11) is 0. The summed E-state index contributed by atoms with van der Waals surface area (Å²) in [5.74, 6) is -1.01. The Labute approximate surface area is 198 Å². The maximum atomic E-state index is 13.4. The average Bonchev–Trinajstić information content (AvgIpc) is 3.44. The first-order chi connectivity index (χ1) is 16.5. The predicted molar refractivity (Wildman–Crippen MR) is 124 cm³/mol. The van der Waals surface area contributed by atoms with Gasteiger partial charge in [-0.15, -0.1) is 0 Å². The Morgan fingerprint density at radius 1 is 1.03 bits per heavy atom. The molecule has 4 fully saturated rings. The molecule has 5 aliphatic rings. The fraction of sp³-hybridized carbons (Fsp3) is 0.444. The van der Waals surface area contributed by atoms with Gasteiger partial charge in [0, 0.05) is 12.5 Å². The molecule has 7 rings (SSSR count). The van der Waals surface area contributed by atoms with E-state index in [2.05, 4.69) is 29.6 Å². The van der Waals surface area contributed by atoms with Crippen LogP contribution in [0.25, 0.3) is 11.1 Å². The largest absolute Gasteiger partial charge is 0.479 e. The van der Waals surface area contributed by atoms with Gasteiger partial charge in [-0.25, -0.2) is 9.59 Å². The summed E-state index contributed by atoms with van der Waals surface area (Å²) >= 11 is 0. The lowest BCUT2D eigenvalue weighted by Gasteiger charge is -2.41. The number of carbonyl (C=O) groups excluding carboxylic acids is 2. The third kappa shape index (κ3) is 3.13. The van der Waals surface area contributed by atoms with Crippen molar-refractivity contribution in [1.29, 1.82) is 0 Å². The van der Waals surface area contributed by atoms with Gasteiger partial charge in [0.1, 0.15) is 18.2 Å². The maximum Gasteiger partial charge on any atom is 0.407 e. The van der Waals surface area contributed by atoms with Crippen LogP contribution in [0.1, 0.15) is 49.1 Å². The van der Waals surface area contributed by atoms with Crippen molar-refractivity contribution in [2.24, 2.45) is 11.8 Å². The minimum atomic E-state index is -1.09. The van der Waals surface area contributed by atoms with Gasteiger partial charge in [-0.2, -0.15) is 0 Å². The molecule has 2 N–H and O–H groups in total. The first kappa shape index (κ1) is 21.2. The van der Waals surface area contributed by atoms with Crippen LogP contribution in [0.2, 0.25) is 0 Å². The molecule has 0 radical (unpaired) electrons. The summed E-state index contributed by atoms with van der Waals surface area (Å²) in [4.78, 5) is 39.8. The van der Waals surface area contributed by atoms with Gasteiger partial charge in [0.15, 0.2) is 0 Å². The van der Waals surface area contributed by atoms with Crippen LogP contribution in [0.15, 0.2) is 48.5 Å². The zero-order chi connectivity index (χ0) is 23.4. The third-order valence-corrected chi connectivity index (χ3v) is 8.38. The number of carboxylic acids is 1.